The molecule has 0 aliphatic heterocycles. The number of aliphatic hydroxyl groups excluding tert-OH is 2. The summed E-state index contributed by atoms with van der Waals surface area (Å²) >= 11 is 0. The van der Waals surface area contributed by atoms with Crippen molar-refractivity contribution in [3.8, 4) is 0 Å². The summed E-state index contributed by atoms with van der Waals surface area (Å²) in [4.78, 5) is 58.8. The van der Waals surface area contributed by atoms with Crippen LogP contribution in [0.5, 0.6) is 0 Å². The molecule has 0 fully saturated rings. The Kier molecular flexibility index (Phi) is 81.3. The molecule has 0 radical (unpaired) electrons. The lowest BCUT2D eigenvalue weighted by Gasteiger charge is -2.21. The summed E-state index contributed by atoms with van der Waals surface area (Å²) in [5.41, 5.74) is 0. The molecule has 0 saturated heterocycles. The molecule has 0 rings (SSSR count). The third kappa shape index (κ3) is 86.1. The fraction of sp³-hybridized carbons (Fsp3) is 0.710. The van der Waals surface area contributed by atoms with Crippen molar-refractivity contribution >= 4 is 33.6 Å². The van der Waals surface area contributed by atoms with Crippen LogP contribution < -0.4 is 0 Å². The lowest BCUT2D eigenvalue weighted by Crippen LogP contribution is -2.30. The van der Waals surface area contributed by atoms with Crippen molar-refractivity contribution in [1.29, 1.82) is 0 Å². The van der Waals surface area contributed by atoms with E-state index in [1.54, 1.807) is 0 Å². The van der Waals surface area contributed by atoms with E-state index in [1.165, 1.54) is 154 Å². The number of unbranched alkanes of at least 4 members (excludes halogenated alkanes) is 36. The first-order valence-electron chi connectivity index (χ1n) is 44.1. The van der Waals surface area contributed by atoms with Crippen LogP contribution in [0, 0.1) is 0 Å². The predicted molar refractivity (Wildman–Crippen MR) is 463 cm³/mol. The maximum atomic E-state index is 13.0. The molecule has 0 heterocycles. The number of aliphatic hydroxyl groups is 2. The number of carbonyl (C=O) groups excluding carboxylic acids is 3. The van der Waals surface area contributed by atoms with Gasteiger partial charge in [-0.25, -0.2) is 9.13 Å². The van der Waals surface area contributed by atoms with Crippen molar-refractivity contribution in [3.63, 3.8) is 0 Å². The van der Waals surface area contributed by atoms with Gasteiger partial charge in [-0.05, 0) is 141 Å². The number of phosphoric acid groups is 2. The second-order valence-corrected chi connectivity index (χ2v) is 32.2. The topological polar surface area (TPSA) is 231 Å². The van der Waals surface area contributed by atoms with E-state index >= 15 is 0 Å². The molecule has 0 aromatic carbocycles. The van der Waals surface area contributed by atoms with Crippen molar-refractivity contribution in [2.75, 3.05) is 39.6 Å². The lowest BCUT2D eigenvalue weighted by molar-refractivity contribution is -0.161. The molecule has 0 bridgehead atoms. The van der Waals surface area contributed by atoms with Crippen LogP contribution in [0.3, 0.4) is 0 Å². The zero-order valence-electron chi connectivity index (χ0n) is 70.1. The van der Waals surface area contributed by atoms with Crippen LogP contribution in [0.25, 0.3) is 0 Å². The Balaban J connectivity index is 4.44. The molecule has 5 atom stereocenters. The van der Waals surface area contributed by atoms with Gasteiger partial charge in [0.05, 0.1) is 26.4 Å². The second kappa shape index (κ2) is 84.8. The highest BCUT2D eigenvalue weighted by atomic mass is 31.2. The first-order valence-corrected chi connectivity index (χ1v) is 47.1. The molecule has 5 unspecified atom stereocenters. The highest BCUT2D eigenvalue weighted by Crippen LogP contribution is 2.45. The minimum Gasteiger partial charge on any atom is -0.463 e. The second-order valence-electron chi connectivity index (χ2n) is 29.3. The molecule has 0 amide bonds. The van der Waals surface area contributed by atoms with Crippen LogP contribution >= 0.6 is 15.6 Å². The normalized spacial score (nSPS) is 14.5. The quantitative estimate of drug-likeness (QED) is 0.0146. The summed E-state index contributed by atoms with van der Waals surface area (Å²) < 4.78 is 61.3. The summed E-state index contributed by atoms with van der Waals surface area (Å²) in [6.45, 7) is 2.49. The van der Waals surface area contributed by atoms with Crippen molar-refractivity contribution in [3.05, 3.63) is 146 Å². The maximum absolute atomic E-state index is 13.0. The van der Waals surface area contributed by atoms with Crippen LogP contribution in [0.2, 0.25) is 0 Å². The summed E-state index contributed by atoms with van der Waals surface area (Å²) in [6.07, 6.45) is 106. The van der Waals surface area contributed by atoms with Crippen LogP contribution in [-0.2, 0) is 55.8 Å². The molecule has 0 aliphatic carbocycles. The van der Waals surface area contributed by atoms with E-state index in [-0.39, 0.29) is 19.3 Å². The predicted octanol–water partition coefficient (Wildman–Crippen LogP) is 26.8. The average molecular weight is 1600 g/mol. The van der Waals surface area contributed by atoms with E-state index in [4.69, 9.17) is 32.3 Å². The number of rotatable bonds is 83. The van der Waals surface area contributed by atoms with Crippen LogP contribution in [0.4, 0.5) is 0 Å². The van der Waals surface area contributed by atoms with Gasteiger partial charge in [-0.2, -0.15) is 0 Å². The van der Waals surface area contributed by atoms with E-state index in [0.717, 1.165) is 154 Å². The van der Waals surface area contributed by atoms with Crippen LogP contribution in [0.15, 0.2) is 146 Å². The molecule has 0 aliphatic rings. The number of carbonyl (C=O) groups is 3. The molecular weight excluding hydrogens is 1430 g/mol. The summed E-state index contributed by atoms with van der Waals surface area (Å²) in [6, 6.07) is 0. The number of phosphoric ester groups is 2. The van der Waals surface area contributed by atoms with E-state index in [0.29, 0.717) is 19.3 Å². The molecule has 4 N–H and O–H groups in total. The molecule has 0 aromatic rings. The van der Waals surface area contributed by atoms with E-state index in [2.05, 4.69) is 167 Å². The lowest BCUT2D eigenvalue weighted by atomic mass is 10.0. The molecular formula is C93H160O16P2. The largest absolute Gasteiger partial charge is 0.472 e. The number of hydrogen-bond donors (Lipinski definition) is 4. The monoisotopic (exact) mass is 1600 g/mol. The van der Waals surface area contributed by atoms with Gasteiger partial charge in [0.1, 0.15) is 25.4 Å². The van der Waals surface area contributed by atoms with Gasteiger partial charge in [0.2, 0.25) is 0 Å². The minimum atomic E-state index is -4.94. The summed E-state index contributed by atoms with van der Waals surface area (Å²) in [7, 11) is -9.80. The molecule has 0 aromatic heterocycles. The Morgan fingerprint density at radius 3 is 0.793 bits per heavy atom. The first kappa shape index (κ1) is 106. The van der Waals surface area contributed by atoms with Gasteiger partial charge in [-0.1, -0.05) is 353 Å². The van der Waals surface area contributed by atoms with Gasteiger partial charge in [-0.3, -0.25) is 32.5 Å². The minimum absolute atomic E-state index is 0.0873. The smallest absolute Gasteiger partial charge is 0.463 e. The highest BCUT2D eigenvalue weighted by molar-refractivity contribution is 7.47. The fourth-order valence-corrected chi connectivity index (χ4v) is 13.4. The van der Waals surface area contributed by atoms with Gasteiger partial charge in [0, 0.05) is 19.3 Å². The van der Waals surface area contributed by atoms with Gasteiger partial charge in [-0.15, -0.1) is 0 Å². The fourth-order valence-electron chi connectivity index (χ4n) is 11.8. The average Bonchev–Trinajstić information content (AvgIpc) is 0.928. The van der Waals surface area contributed by atoms with Crippen molar-refractivity contribution in [1.82, 2.24) is 0 Å². The summed E-state index contributed by atoms with van der Waals surface area (Å²) in [5.74, 6) is -1.58. The standard InChI is InChI=1S/C93H160O16P2/c1-4-7-10-13-16-19-22-25-27-29-31-33-35-37-39-41-43-45-47-49-51-53-55-57-59-62-64-67-70-73-76-79-91(96)103-82-88(94)83-105-110(99,100)106-84-89(95)85-107-111(101,102)108-87-90(109-93(98)81-78-75-72-69-66-61-24-21-18-15-12-9-6-3)86-104-92(97)80-77-74-71-68-65-63-60-58-56-54-52-50-48-46-44-42-40-38-36-34-32-30-28-26-23-20-17-14-11-8-5-2/h7,10,12,15-17,19-21,24-28,31-34,37-40,43,45,88-90,94-95H,4-6,8-9,11,13-14,18,22-23,29-30,35-36,41-42,44,46-87H2,1-3H3,(H,99,100)(H,101,102)/b10-7-,15-12-,19-16-,20-17-,24-21-,27-25-,28-26-,33-31-,34-32-,39-37-,40-38-,45-43-. The van der Waals surface area contributed by atoms with Crippen molar-refractivity contribution < 1.29 is 75.8 Å². The van der Waals surface area contributed by atoms with Gasteiger partial charge in [0.15, 0.2) is 6.10 Å². The van der Waals surface area contributed by atoms with Gasteiger partial charge >= 0.3 is 33.6 Å². The third-order valence-electron chi connectivity index (χ3n) is 18.5. The number of hydrogen-bond acceptors (Lipinski definition) is 14. The molecule has 16 nitrogen and oxygen atoms in total. The Labute approximate surface area is 677 Å². The number of esters is 3. The Bertz CT molecular complexity index is 2600. The number of ether oxygens (including phenoxy) is 3. The van der Waals surface area contributed by atoms with Crippen LogP contribution in [0.1, 0.15) is 367 Å². The zero-order chi connectivity index (χ0) is 80.8. The summed E-state index contributed by atoms with van der Waals surface area (Å²) in [5, 5.41) is 20.7. The Morgan fingerprint density at radius 1 is 0.261 bits per heavy atom. The van der Waals surface area contributed by atoms with Gasteiger partial charge < -0.3 is 34.2 Å². The van der Waals surface area contributed by atoms with Crippen LogP contribution in [-0.4, -0.2) is 95.9 Å². The number of allylic oxidation sites excluding steroid dienone is 24. The SMILES string of the molecule is CC/C=C\C/C=C\C/C=C\C/C=C\C/C=C\C/C=C\CCCCCCCCCCCCCCC(=O)OCC(O)COP(=O)(O)OCC(O)COP(=O)(O)OCC(COC(=O)CCCCCCCCCCCCCCCCC/C=C\C/C=C\C/C=C\C/C=C\CCCCC)OC(=O)CCCCCCC/C=C\C/C=C\CCC. The molecule has 0 spiro atoms. The molecule has 638 valence electrons. The van der Waals surface area contributed by atoms with E-state index < -0.39 is 91.5 Å². The zero-order valence-corrected chi connectivity index (χ0v) is 71.9. The van der Waals surface area contributed by atoms with E-state index in [9.17, 15) is 43.5 Å². The van der Waals surface area contributed by atoms with Crippen molar-refractivity contribution in [2.45, 2.75) is 386 Å². The van der Waals surface area contributed by atoms with Gasteiger partial charge in [0.25, 0.3) is 0 Å². The molecule has 18 heteroatoms. The van der Waals surface area contributed by atoms with Crippen molar-refractivity contribution in [2.24, 2.45) is 0 Å². The molecule has 111 heavy (non-hydrogen) atoms. The van der Waals surface area contributed by atoms with E-state index in [1.807, 2.05) is 0 Å². The third-order valence-corrected chi connectivity index (χ3v) is 20.4. The Hall–Kier alpha value is -4.57. The maximum Gasteiger partial charge on any atom is 0.472 e. The highest BCUT2D eigenvalue weighted by Gasteiger charge is 2.29. The molecule has 0 saturated carbocycles. The Morgan fingerprint density at radius 2 is 0.495 bits per heavy atom. The first-order chi connectivity index (χ1) is 54.2.